The van der Waals surface area contributed by atoms with Crippen LogP contribution in [0.5, 0.6) is 5.75 Å². The smallest absolute Gasteiger partial charge is 0.387 e. The van der Waals surface area contributed by atoms with E-state index in [-0.39, 0.29) is 17.6 Å². The van der Waals surface area contributed by atoms with Gasteiger partial charge in [-0.1, -0.05) is 0 Å². The summed E-state index contributed by atoms with van der Waals surface area (Å²) >= 11 is 1.60. The molecule has 1 amide bonds. The first-order valence-corrected chi connectivity index (χ1v) is 9.40. The van der Waals surface area contributed by atoms with E-state index in [1.54, 1.807) is 36.2 Å². The number of nitrogens with zero attached hydrogens (tertiary/aromatic N) is 2. The Balaban J connectivity index is 1.28. The first-order valence-electron chi connectivity index (χ1n) is 8.62. The first kappa shape index (κ1) is 17.8. The number of halogens is 2. The highest BCUT2D eigenvalue weighted by molar-refractivity contribution is 7.97. The third-order valence-electron chi connectivity index (χ3n) is 4.87. The lowest BCUT2D eigenvalue weighted by molar-refractivity contribution is -0.134. The third-order valence-corrected chi connectivity index (χ3v) is 5.87. The second-order valence-corrected chi connectivity index (χ2v) is 7.87. The number of hydrogen-bond donors (Lipinski definition) is 0. The molecule has 0 aromatic heterocycles. The van der Waals surface area contributed by atoms with Crippen LogP contribution in [0.3, 0.4) is 0 Å². The number of rotatable bonds is 5. The van der Waals surface area contributed by atoms with E-state index in [9.17, 15) is 13.6 Å². The van der Waals surface area contributed by atoms with Crippen molar-refractivity contribution in [3.8, 4) is 5.75 Å². The molecule has 1 saturated heterocycles. The van der Waals surface area contributed by atoms with Gasteiger partial charge in [-0.15, -0.1) is 0 Å². The van der Waals surface area contributed by atoms with Gasteiger partial charge in [0.05, 0.1) is 12.5 Å². The Kier molecular flexibility index (Phi) is 5.15. The second kappa shape index (κ2) is 7.54. The van der Waals surface area contributed by atoms with Gasteiger partial charge in [-0.3, -0.25) is 4.79 Å². The molecule has 3 heterocycles. The molecule has 0 radical (unpaired) electrons. The predicted molar refractivity (Wildman–Crippen MR) is 93.0 cm³/mol. The van der Waals surface area contributed by atoms with Crippen LogP contribution in [0.1, 0.15) is 6.42 Å². The fraction of sp³-hybridized carbons (Fsp3) is 0.500. The van der Waals surface area contributed by atoms with E-state index in [0.29, 0.717) is 26.3 Å². The van der Waals surface area contributed by atoms with Gasteiger partial charge in [0.15, 0.2) is 0 Å². The Morgan fingerprint density at radius 2 is 1.85 bits per heavy atom. The van der Waals surface area contributed by atoms with Gasteiger partial charge in [-0.2, -0.15) is 8.78 Å². The molecule has 0 spiro atoms. The molecule has 1 fully saturated rings. The molecule has 26 heavy (non-hydrogen) atoms. The van der Waals surface area contributed by atoms with Crippen molar-refractivity contribution in [1.29, 1.82) is 0 Å². The fourth-order valence-electron chi connectivity index (χ4n) is 3.58. The summed E-state index contributed by atoms with van der Waals surface area (Å²) in [5.74, 6) is 0.400. The summed E-state index contributed by atoms with van der Waals surface area (Å²) < 4.78 is 36.3. The van der Waals surface area contributed by atoms with Gasteiger partial charge < -0.3 is 14.4 Å². The minimum Gasteiger partial charge on any atom is -0.435 e. The summed E-state index contributed by atoms with van der Waals surface area (Å²) in [5, 5.41) is 0. The molecular formula is C18H20F2N2O3S. The Morgan fingerprint density at radius 1 is 1.15 bits per heavy atom. The molecule has 3 aliphatic heterocycles. The van der Waals surface area contributed by atoms with Gasteiger partial charge in [0.1, 0.15) is 5.75 Å². The van der Waals surface area contributed by atoms with Crippen LogP contribution in [0.2, 0.25) is 0 Å². The Hall–Kier alpha value is -1.64. The second-order valence-electron chi connectivity index (χ2n) is 6.70. The number of carbonyl (C=O) groups is 1. The normalized spacial score (nSPS) is 23.2. The quantitative estimate of drug-likeness (QED) is 0.579. The molecule has 0 saturated carbocycles. The largest absolute Gasteiger partial charge is 0.435 e. The molecule has 0 N–H and O–H groups in total. The van der Waals surface area contributed by atoms with Crippen LogP contribution in [0.15, 0.2) is 40.3 Å². The van der Waals surface area contributed by atoms with E-state index in [1.165, 1.54) is 11.1 Å². The van der Waals surface area contributed by atoms with Crippen LogP contribution in [0, 0.1) is 5.92 Å². The molecule has 1 unspecified atom stereocenters. The van der Waals surface area contributed by atoms with Crippen LogP contribution in [0.25, 0.3) is 0 Å². The van der Waals surface area contributed by atoms with Gasteiger partial charge >= 0.3 is 6.61 Å². The van der Waals surface area contributed by atoms with Crippen LogP contribution in [-0.2, 0) is 9.53 Å². The molecule has 8 heteroatoms. The van der Waals surface area contributed by atoms with Crippen molar-refractivity contribution in [1.82, 2.24) is 9.21 Å². The van der Waals surface area contributed by atoms with E-state index in [2.05, 4.69) is 9.04 Å². The predicted octanol–water partition coefficient (Wildman–Crippen LogP) is 2.79. The molecule has 0 aliphatic carbocycles. The molecular weight excluding hydrogens is 362 g/mol. The molecule has 1 atom stereocenters. The first-order chi connectivity index (χ1) is 12.6. The minimum atomic E-state index is -2.80. The molecule has 5 nitrogen and oxygen atoms in total. The van der Waals surface area contributed by atoms with Crippen molar-refractivity contribution in [2.45, 2.75) is 17.9 Å². The zero-order chi connectivity index (χ0) is 18.1. The Bertz CT molecular complexity index is 687. The number of carbonyl (C=O) groups excluding carboxylic acids is 1. The summed E-state index contributed by atoms with van der Waals surface area (Å²) in [5.41, 5.74) is 2.64. The Labute approximate surface area is 155 Å². The monoisotopic (exact) mass is 382 g/mol. The number of hydrogen-bond acceptors (Lipinski definition) is 5. The third kappa shape index (κ3) is 3.87. The summed E-state index contributed by atoms with van der Waals surface area (Å²) in [4.78, 5) is 15.4. The maximum absolute atomic E-state index is 12.5. The van der Waals surface area contributed by atoms with Crippen molar-refractivity contribution in [3.05, 3.63) is 35.4 Å². The van der Waals surface area contributed by atoms with E-state index in [0.717, 1.165) is 24.4 Å². The van der Waals surface area contributed by atoms with Gasteiger partial charge in [0.25, 0.3) is 0 Å². The molecule has 4 rings (SSSR count). The standard InChI is InChI=1S/C18H20F2N2O3S/c19-18(20)25-15-1-3-16(4-2-15)26-22-9-13-7-21(8-14(13)10-22)17(23)12-5-6-24-11-12/h1-4,12,18H,5-11H2. The van der Waals surface area contributed by atoms with Crippen molar-refractivity contribution in [2.75, 3.05) is 39.4 Å². The van der Waals surface area contributed by atoms with E-state index in [4.69, 9.17) is 4.74 Å². The average Bonchev–Trinajstić information content (AvgIpc) is 3.31. The zero-order valence-corrected chi connectivity index (χ0v) is 15.0. The molecule has 1 aromatic rings. The SMILES string of the molecule is O=C(C1CCOC1)N1CC2=C(CN(Sc3ccc(OC(F)F)cc3)C2)C1. The molecule has 1 aromatic carbocycles. The fourth-order valence-corrected chi connectivity index (χ4v) is 4.58. The van der Waals surface area contributed by atoms with Gasteiger partial charge in [0.2, 0.25) is 5.91 Å². The summed E-state index contributed by atoms with van der Waals surface area (Å²) in [6.07, 6.45) is 0.827. The number of ether oxygens (including phenoxy) is 2. The van der Waals surface area contributed by atoms with E-state index in [1.807, 2.05) is 4.90 Å². The molecule has 0 bridgehead atoms. The topological polar surface area (TPSA) is 42.0 Å². The Morgan fingerprint density at radius 3 is 2.42 bits per heavy atom. The lowest BCUT2D eigenvalue weighted by Gasteiger charge is -2.24. The van der Waals surface area contributed by atoms with Crippen molar-refractivity contribution in [2.24, 2.45) is 5.92 Å². The lowest BCUT2D eigenvalue weighted by atomic mass is 10.1. The van der Waals surface area contributed by atoms with Crippen molar-refractivity contribution >= 4 is 17.9 Å². The van der Waals surface area contributed by atoms with Crippen LogP contribution in [0.4, 0.5) is 8.78 Å². The summed E-state index contributed by atoms with van der Waals surface area (Å²) in [7, 11) is 0. The van der Waals surface area contributed by atoms with Crippen LogP contribution < -0.4 is 4.74 Å². The maximum Gasteiger partial charge on any atom is 0.387 e. The maximum atomic E-state index is 12.5. The van der Waals surface area contributed by atoms with E-state index < -0.39 is 6.61 Å². The van der Waals surface area contributed by atoms with E-state index >= 15 is 0 Å². The highest BCUT2D eigenvalue weighted by atomic mass is 32.2. The van der Waals surface area contributed by atoms with Gasteiger partial charge in [-0.05, 0) is 53.8 Å². The number of benzene rings is 1. The number of alkyl halides is 2. The number of amides is 1. The van der Waals surface area contributed by atoms with Crippen LogP contribution in [-0.4, -0.2) is 61.1 Å². The molecule has 140 valence electrons. The summed E-state index contributed by atoms with van der Waals surface area (Å²) in [6.45, 7) is 1.49. The minimum absolute atomic E-state index is 0.0227. The van der Waals surface area contributed by atoms with Crippen molar-refractivity contribution in [3.63, 3.8) is 0 Å². The van der Waals surface area contributed by atoms with Crippen LogP contribution >= 0.6 is 11.9 Å². The highest BCUT2D eigenvalue weighted by Crippen LogP contribution is 2.34. The molecule has 3 aliphatic rings. The average molecular weight is 382 g/mol. The highest BCUT2D eigenvalue weighted by Gasteiger charge is 2.36. The van der Waals surface area contributed by atoms with Gasteiger partial charge in [-0.25, -0.2) is 4.31 Å². The lowest BCUT2D eigenvalue weighted by Crippen LogP contribution is -2.37. The van der Waals surface area contributed by atoms with Gasteiger partial charge in [0, 0.05) is 37.7 Å². The zero-order valence-electron chi connectivity index (χ0n) is 14.2. The van der Waals surface area contributed by atoms with Crippen molar-refractivity contribution < 1.29 is 23.0 Å². The summed E-state index contributed by atoms with van der Waals surface area (Å²) in [6, 6.07) is 6.66.